The van der Waals surface area contributed by atoms with E-state index in [1.807, 2.05) is 0 Å². The van der Waals surface area contributed by atoms with Crippen molar-refractivity contribution in [2.75, 3.05) is 18.5 Å². The SMILES string of the molecule is N#Cc1c(F)cccc1NC1(C(=O)O)CCOCC1. The lowest BCUT2D eigenvalue weighted by Crippen LogP contribution is -2.50. The van der Waals surface area contributed by atoms with Crippen molar-refractivity contribution in [3.05, 3.63) is 29.6 Å². The molecule has 1 aliphatic rings. The monoisotopic (exact) mass is 264 g/mol. The zero-order chi connectivity index (χ0) is 13.9. The number of anilines is 1. The van der Waals surface area contributed by atoms with E-state index in [0.29, 0.717) is 13.2 Å². The average molecular weight is 264 g/mol. The summed E-state index contributed by atoms with van der Waals surface area (Å²) in [5, 5.41) is 21.1. The van der Waals surface area contributed by atoms with Crippen molar-refractivity contribution < 1.29 is 19.0 Å². The number of carboxylic acid groups (broad SMARTS) is 1. The first-order valence-electron chi connectivity index (χ1n) is 5.87. The Morgan fingerprint density at radius 2 is 2.16 bits per heavy atom. The van der Waals surface area contributed by atoms with Gasteiger partial charge in [-0.1, -0.05) is 6.07 Å². The number of benzene rings is 1. The van der Waals surface area contributed by atoms with E-state index in [2.05, 4.69) is 5.32 Å². The predicted octanol–water partition coefficient (Wildman–Crippen LogP) is 1.74. The molecule has 0 amide bonds. The fraction of sp³-hybridized carbons (Fsp3) is 0.385. The maximum absolute atomic E-state index is 13.5. The summed E-state index contributed by atoms with van der Waals surface area (Å²) < 4.78 is 18.6. The molecule has 1 fully saturated rings. The first-order chi connectivity index (χ1) is 9.09. The van der Waals surface area contributed by atoms with Crippen LogP contribution in [0.15, 0.2) is 18.2 Å². The van der Waals surface area contributed by atoms with Crippen molar-refractivity contribution in [3.63, 3.8) is 0 Å². The van der Waals surface area contributed by atoms with Crippen LogP contribution in [-0.4, -0.2) is 29.8 Å². The number of aliphatic carboxylic acids is 1. The molecule has 0 aliphatic carbocycles. The summed E-state index contributed by atoms with van der Waals surface area (Å²) in [6.07, 6.45) is 0.535. The number of hydrogen-bond acceptors (Lipinski definition) is 4. The molecule has 2 N–H and O–H groups in total. The van der Waals surface area contributed by atoms with Gasteiger partial charge < -0.3 is 15.2 Å². The lowest BCUT2D eigenvalue weighted by molar-refractivity contribution is -0.145. The molecule has 1 aromatic rings. The first-order valence-corrected chi connectivity index (χ1v) is 5.87. The van der Waals surface area contributed by atoms with Crippen LogP contribution >= 0.6 is 0 Å². The summed E-state index contributed by atoms with van der Waals surface area (Å²) in [5.74, 6) is -1.69. The zero-order valence-corrected chi connectivity index (χ0v) is 10.1. The molecule has 0 aromatic heterocycles. The number of carboxylic acids is 1. The second-order valence-corrected chi connectivity index (χ2v) is 4.40. The summed E-state index contributed by atoms with van der Waals surface area (Å²) in [5.41, 5.74) is -1.18. The van der Waals surface area contributed by atoms with Crippen molar-refractivity contribution in [1.29, 1.82) is 5.26 Å². The minimum Gasteiger partial charge on any atom is -0.480 e. The highest BCUT2D eigenvalue weighted by atomic mass is 19.1. The Balaban J connectivity index is 2.35. The molecule has 0 atom stereocenters. The topological polar surface area (TPSA) is 82.4 Å². The van der Waals surface area contributed by atoms with Gasteiger partial charge in [0.1, 0.15) is 23.0 Å². The summed E-state index contributed by atoms with van der Waals surface area (Å²) in [7, 11) is 0. The molecular formula is C13H13FN2O3. The van der Waals surface area contributed by atoms with Gasteiger partial charge in [0, 0.05) is 26.1 Å². The first kappa shape index (κ1) is 13.3. The number of nitrogens with one attached hydrogen (secondary N) is 1. The fourth-order valence-electron chi connectivity index (χ4n) is 2.11. The molecule has 1 heterocycles. The Hall–Kier alpha value is -2.13. The van der Waals surface area contributed by atoms with Crippen LogP contribution in [0.4, 0.5) is 10.1 Å². The molecule has 1 saturated heterocycles. The zero-order valence-electron chi connectivity index (χ0n) is 10.1. The van der Waals surface area contributed by atoms with E-state index in [1.165, 1.54) is 18.2 Å². The molecule has 0 spiro atoms. The van der Waals surface area contributed by atoms with Gasteiger partial charge in [-0.25, -0.2) is 9.18 Å². The number of hydrogen-bond donors (Lipinski definition) is 2. The predicted molar refractivity (Wildman–Crippen MR) is 65.2 cm³/mol. The van der Waals surface area contributed by atoms with Crippen LogP contribution in [0.5, 0.6) is 0 Å². The number of carbonyl (C=O) groups is 1. The van der Waals surface area contributed by atoms with E-state index < -0.39 is 17.3 Å². The van der Waals surface area contributed by atoms with Crippen LogP contribution in [0.25, 0.3) is 0 Å². The van der Waals surface area contributed by atoms with Gasteiger partial charge >= 0.3 is 5.97 Å². The van der Waals surface area contributed by atoms with Gasteiger partial charge in [0.2, 0.25) is 0 Å². The van der Waals surface area contributed by atoms with Crippen molar-refractivity contribution in [2.24, 2.45) is 0 Å². The van der Waals surface area contributed by atoms with Crippen molar-refractivity contribution in [1.82, 2.24) is 0 Å². The number of rotatable bonds is 3. The molecule has 1 aliphatic heterocycles. The van der Waals surface area contributed by atoms with Gasteiger partial charge in [0.25, 0.3) is 0 Å². The van der Waals surface area contributed by atoms with Crippen LogP contribution in [0.3, 0.4) is 0 Å². The van der Waals surface area contributed by atoms with Gasteiger partial charge in [-0.15, -0.1) is 0 Å². The number of nitrogens with zero attached hydrogens (tertiary/aromatic N) is 1. The molecule has 100 valence electrons. The van der Waals surface area contributed by atoms with E-state index >= 15 is 0 Å². The maximum Gasteiger partial charge on any atom is 0.329 e. The van der Waals surface area contributed by atoms with Crippen LogP contribution in [0.2, 0.25) is 0 Å². The molecule has 5 nitrogen and oxygen atoms in total. The Kier molecular flexibility index (Phi) is 3.67. The molecule has 0 saturated carbocycles. The lowest BCUT2D eigenvalue weighted by atomic mass is 9.89. The van der Waals surface area contributed by atoms with Crippen LogP contribution in [-0.2, 0) is 9.53 Å². The van der Waals surface area contributed by atoms with Crippen molar-refractivity contribution >= 4 is 11.7 Å². The van der Waals surface area contributed by atoms with Crippen molar-refractivity contribution in [2.45, 2.75) is 18.4 Å². The molecule has 0 unspecified atom stereocenters. The summed E-state index contributed by atoms with van der Waals surface area (Å²) in [6, 6.07) is 5.86. The Bertz CT molecular complexity index is 533. The Labute approximate surface area is 109 Å². The third-order valence-corrected chi connectivity index (χ3v) is 3.26. The van der Waals surface area contributed by atoms with Gasteiger partial charge in [-0.3, -0.25) is 0 Å². The number of halogens is 1. The fourth-order valence-corrected chi connectivity index (χ4v) is 2.11. The van der Waals surface area contributed by atoms with Gasteiger partial charge in [-0.05, 0) is 12.1 Å². The van der Waals surface area contributed by atoms with Crippen LogP contribution in [0.1, 0.15) is 18.4 Å². The Morgan fingerprint density at radius 3 is 2.74 bits per heavy atom. The van der Waals surface area contributed by atoms with E-state index in [0.717, 1.165) is 0 Å². The Morgan fingerprint density at radius 1 is 1.47 bits per heavy atom. The highest BCUT2D eigenvalue weighted by Crippen LogP contribution is 2.29. The summed E-state index contributed by atoms with van der Waals surface area (Å²) in [4.78, 5) is 11.5. The largest absolute Gasteiger partial charge is 0.480 e. The second kappa shape index (κ2) is 5.24. The van der Waals surface area contributed by atoms with Gasteiger partial charge in [0.15, 0.2) is 0 Å². The molecular weight excluding hydrogens is 251 g/mol. The van der Waals surface area contributed by atoms with Crippen LogP contribution < -0.4 is 5.32 Å². The molecule has 0 bridgehead atoms. The van der Waals surface area contributed by atoms with Crippen molar-refractivity contribution in [3.8, 4) is 6.07 Å². The smallest absolute Gasteiger partial charge is 0.329 e. The molecule has 2 rings (SSSR count). The normalized spacial score (nSPS) is 17.5. The number of nitriles is 1. The average Bonchev–Trinajstić information content (AvgIpc) is 2.40. The standard InChI is InChI=1S/C13H13FN2O3/c14-10-2-1-3-11(9(10)8-15)16-13(12(17)18)4-6-19-7-5-13/h1-3,16H,4-7H2,(H,17,18). The lowest BCUT2D eigenvalue weighted by Gasteiger charge is -2.35. The number of ether oxygens (including phenoxy) is 1. The van der Waals surface area contributed by atoms with Crippen LogP contribution in [0, 0.1) is 17.1 Å². The quantitative estimate of drug-likeness (QED) is 0.869. The van der Waals surface area contributed by atoms with E-state index in [4.69, 9.17) is 10.00 Å². The highest BCUT2D eigenvalue weighted by Gasteiger charge is 2.40. The van der Waals surface area contributed by atoms with Gasteiger partial charge in [-0.2, -0.15) is 5.26 Å². The van der Waals surface area contributed by atoms with Gasteiger partial charge in [0.05, 0.1) is 5.69 Å². The second-order valence-electron chi connectivity index (χ2n) is 4.40. The summed E-state index contributed by atoms with van der Waals surface area (Å²) >= 11 is 0. The maximum atomic E-state index is 13.5. The minimum atomic E-state index is -1.21. The third kappa shape index (κ3) is 2.51. The minimum absolute atomic E-state index is 0.172. The molecule has 6 heteroatoms. The molecule has 1 aromatic carbocycles. The molecule has 0 radical (unpaired) electrons. The summed E-state index contributed by atoms with van der Waals surface area (Å²) in [6.45, 7) is 0.632. The molecule has 19 heavy (non-hydrogen) atoms. The third-order valence-electron chi connectivity index (χ3n) is 3.26. The van der Waals surface area contributed by atoms with E-state index in [-0.39, 0.29) is 24.1 Å². The van der Waals surface area contributed by atoms with E-state index in [1.54, 1.807) is 6.07 Å². The highest BCUT2D eigenvalue weighted by molar-refractivity contribution is 5.83. The van der Waals surface area contributed by atoms with E-state index in [9.17, 15) is 14.3 Å².